The van der Waals surface area contributed by atoms with Crippen LogP contribution in [0.3, 0.4) is 0 Å². The van der Waals surface area contributed by atoms with Crippen LogP contribution in [0.2, 0.25) is 0 Å². The molecule has 2 aromatic rings. The summed E-state index contributed by atoms with van der Waals surface area (Å²) in [5, 5.41) is 1.31. The molecule has 2 nitrogen and oxygen atoms in total. The predicted molar refractivity (Wildman–Crippen MR) is 48.3 cm³/mol. The van der Waals surface area contributed by atoms with Gasteiger partial charge in [-0.05, 0) is 11.5 Å². The Hall–Kier alpha value is -1.64. The first-order chi connectivity index (χ1) is 6.31. The van der Waals surface area contributed by atoms with Crippen molar-refractivity contribution in [2.45, 2.75) is 0 Å². The highest BCUT2D eigenvalue weighted by Gasteiger charge is 2.01. The highest BCUT2D eigenvalue weighted by atomic mass is 19.1. The van der Waals surface area contributed by atoms with Gasteiger partial charge in [-0.15, -0.1) is 0 Å². The fourth-order valence-electron chi connectivity index (χ4n) is 1.23. The average molecular weight is 177 g/mol. The zero-order valence-electron chi connectivity index (χ0n) is 7.12. The average Bonchev–Trinajstić information content (AvgIpc) is 2.18. The highest BCUT2D eigenvalue weighted by Crippen LogP contribution is 2.19. The Labute approximate surface area is 75.0 Å². The maximum absolute atomic E-state index is 13.1. The third kappa shape index (κ3) is 1.33. The number of hydrogen-bond donors (Lipinski definition) is 0. The standard InChI is InChI=1S/C10H8FNO/c1-13-10-5-7-3-2-4-9(11)8(7)6-12-10/h2-6H,1H3. The summed E-state index contributed by atoms with van der Waals surface area (Å²) in [7, 11) is 1.54. The number of nitrogens with zero attached hydrogens (tertiary/aromatic N) is 1. The number of rotatable bonds is 1. The molecule has 0 atom stereocenters. The van der Waals surface area contributed by atoms with Crippen LogP contribution in [0.25, 0.3) is 10.8 Å². The fraction of sp³-hybridized carbons (Fsp3) is 0.100. The molecule has 13 heavy (non-hydrogen) atoms. The van der Waals surface area contributed by atoms with Crippen LogP contribution in [-0.2, 0) is 0 Å². The zero-order chi connectivity index (χ0) is 9.26. The first-order valence-electron chi connectivity index (χ1n) is 3.89. The Morgan fingerprint density at radius 2 is 2.23 bits per heavy atom. The molecule has 1 aromatic carbocycles. The first kappa shape index (κ1) is 7.98. The van der Waals surface area contributed by atoms with Gasteiger partial charge in [0.15, 0.2) is 0 Å². The number of pyridine rings is 1. The summed E-state index contributed by atoms with van der Waals surface area (Å²) in [6.45, 7) is 0. The monoisotopic (exact) mass is 177 g/mol. The Bertz CT molecular complexity index is 442. The second kappa shape index (κ2) is 3.01. The van der Waals surface area contributed by atoms with Crippen molar-refractivity contribution in [3.05, 3.63) is 36.3 Å². The first-order valence-corrected chi connectivity index (χ1v) is 3.89. The molecular formula is C10H8FNO. The summed E-state index contributed by atoms with van der Waals surface area (Å²) in [4.78, 5) is 3.92. The Morgan fingerprint density at radius 1 is 1.38 bits per heavy atom. The van der Waals surface area contributed by atoms with Crippen molar-refractivity contribution in [1.82, 2.24) is 4.98 Å². The van der Waals surface area contributed by atoms with Gasteiger partial charge in [0, 0.05) is 17.6 Å². The van der Waals surface area contributed by atoms with Crippen LogP contribution in [0.15, 0.2) is 30.5 Å². The van der Waals surface area contributed by atoms with Crippen LogP contribution < -0.4 is 4.74 Å². The molecule has 0 fully saturated rings. The predicted octanol–water partition coefficient (Wildman–Crippen LogP) is 2.38. The van der Waals surface area contributed by atoms with Crippen LogP contribution in [0.4, 0.5) is 4.39 Å². The molecule has 0 radical (unpaired) electrons. The van der Waals surface area contributed by atoms with E-state index in [1.165, 1.54) is 19.4 Å². The Balaban J connectivity index is 2.72. The van der Waals surface area contributed by atoms with E-state index in [1.807, 2.05) is 6.07 Å². The normalized spacial score (nSPS) is 10.3. The Morgan fingerprint density at radius 3 is 3.00 bits per heavy atom. The third-order valence-electron chi connectivity index (χ3n) is 1.90. The van der Waals surface area contributed by atoms with Crippen molar-refractivity contribution in [2.75, 3.05) is 7.11 Å². The van der Waals surface area contributed by atoms with E-state index >= 15 is 0 Å². The van der Waals surface area contributed by atoms with Crippen molar-refractivity contribution in [3.63, 3.8) is 0 Å². The van der Waals surface area contributed by atoms with Gasteiger partial charge in [0.2, 0.25) is 5.88 Å². The van der Waals surface area contributed by atoms with E-state index in [0.717, 1.165) is 5.39 Å². The molecule has 3 heteroatoms. The molecule has 0 saturated carbocycles. The number of methoxy groups -OCH3 is 1. The molecule has 0 aliphatic rings. The van der Waals surface area contributed by atoms with Gasteiger partial charge < -0.3 is 4.74 Å². The minimum atomic E-state index is -0.257. The summed E-state index contributed by atoms with van der Waals surface area (Å²) in [6.07, 6.45) is 1.48. The van der Waals surface area contributed by atoms with E-state index in [2.05, 4.69) is 4.98 Å². The molecule has 66 valence electrons. The van der Waals surface area contributed by atoms with Gasteiger partial charge in [-0.2, -0.15) is 0 Å². The lowest BCUT2D eigenvalue weighted by atomic mass is 10.2. The van der Waals surface area contributed by atoms with Crippen molar-refractivity contribution >= 4 is 10.8 Å². The molecule has 0 aliphatic heterocycles. The lowest BCUT2D eigenvalue weighted by Crippen LogP contribution is -1.87. The lowest BCUT2D eigenvalue weighted by molar-refractivity contribution is 0.398. The van der Waals surface area contributed by atoms with Gasteiger partial charge >= 0.3 is 0 Å². The number of halogens is 1. The highest BCUT2D eigenvalue weighted by molar-refractivity contribution is 5.82. The van der Waals surface area contributed by atoms with Crippen molar-refractivity contribution in [2.24, 2.45) is 0 Å². The van der Waals surface area contributed by atoms with E-state index in [-0.39, 0.29) is 5.82 Å². The number of ether oxygens (including phenoxy) is 1. The molecule has 0 saturated heterocycles. The van der Waals surface area contributed by atoms with Gasteiger partial charge in [-0.25, -0.2) is 9.37 Å². The third-order valence-corrected chi connectivity index (χ3v) is 1.90. The lowest BCUT2D eigenvalue weighted by Gasteiger charge is -2.01. The second-order valence-electron chi connectivity index (χ2n) is 2.69. The maximum Gasteiger partial charge on any atom is 0.213 e. The van der Waals surface area contributed by atoms with E-state index < -0.39 is 0 Å². The number of hydrogen-bond acceptors (Lipinski definition) is 2. The van der Waals surface area contributed by atoms with E-state index in [9.17, 15) is 4.39 Å². The van der Waals surface area contributed by atoms with E-state index in [4.69, 9.17) is 4.74 Å². The van der Waals surface area contributed by atoms with Crippen molar-refractivity contribution in [1.29, 1.82) is 0 Å². The zero-order valence-corrected chi connectivity index (χ0v) is 7.12. The van der Waals surface area contributed by atoms with Gasteiger partial charge in [0.05, 0.1) is 7.11 Å². The minimum Gasteiger partial charge on any atom is -0.481 e. The summed E-state index contributed by atoms with van der Waals surface area (Å²) in [5.41, 5.74) is 0. The van der Waals surface area contributed by atoms with Crippen LogP contribution in [-0.4, -0.2) is 12.1 Å². The van der Waals surface area contributed by atoms with Gasteiger partial charge in [0.25, 0.3) is 0 Å². The SMILES string of the molecule is COc1cc2cccc(F)c2cn1. The molecule has 0 bridgehead atoms. The summed E-state index contributed by atoms with van der Waals surface area (Å²) < 4.78 is 18.1. The van der Waals surface area contributed by atoms with Crippen LogP contribution in [0.1, 0.15) is 0 Å². The van der Waals surface area contributed by atoms with Gasteiger partial charge in [-0.1, -0.05) is 12.1 Å². The molecular weight excluding hydrogens is 169 g/mol. The minimum absolute atomic E-state index is 0.257. The second-order valence-corrected chi connectivity index (χ2v) is 2.69. The molecule has 0 spiro atoms. The fourth-order valence-corrected chi connectivity index (χ4v) is 1.23. The van der Waals surface area contributed by atoms with Crippen LogP contribution >= 0.6 is 0 Å². The molecule has 0 N–H and O–H groups in total. The maximum atomic E-state index is 13.1. The molecule has 2 rings (SSSR count). The number of fused-ring (bicyclic) bond motifs is 1. The molecule has 0 unspecified atom stereocenters. The molecule has 1 aromatic heterocycles. The molecule has 1 heterocycles. The van der Waals surface area contributed by atoms with E-state index in [0.29, 0.717) is 11.3 Å². The topological polar surface area (TPSA) is 22.1 Å². The quantitative estimate of drug-likeness (QED) is 0.667. The summed E-state index contributed by atoms with van der Waals surface area (Å²) in [6, 6.07) is 6.61. The van der Waals surface area contributed by atoms with Crippen molar-refractivity contribution < 1.29 is 9.13 Å². The molecule has 0 aliphatic carbocycles. The summed E-state index contributed by atoms with van der Waals surface area (Å²) >= 11 is 0. The van der Waals surface area contributed by atoms with Gasteiger partial charge in [0.1, 0.15) is 5.82 Å². The summed E-state index contributed by atoms with van der Waals surface area (Å²) in [5.74, 6) is 0.241. The van der Waals surface area contributed by atoms with Crippen LogP contribution in [0.5, 0.6) is 5.88 Å². The van der Waals surface area contributed by atoms with Gasteiger partial charge in [-0.3, -0.25) is 0 Å². The van der Waals surface area contributed by atoms with E-state index in [1.54, 1.807) is 12.1 Å². The smallest absolute Gasteiger partial charge is 0.213 e. The number of benzene rings is 1. The Kier molecular flexibility index (Phi) is 1.85. The number of aromatic nitrogens is 1. The largest absolute Gasteiger partial charge is 0.481 e. The molecule has 0 amide bonds. The van der Waals surface area contributed by atoms with Crippen LogP contribution in [0, 0.1) is 5.82 Å². The van der Waals surface area contributed by atoms with Crippen molar-refractivity contribution in [3.8, 4) is 5.88 Å².